The van der Waals surface area contributed by atoms with Crippen molar-refractivity contribution in [2.45, 2.75) is 12.6 Å². The van der Waals surface area contributed by atoms with Crippen molar-refractivity contribution >= 4 is 5.78 Å². The first-order chi connectivity index (χ1) is 8.98. The zero-order valence-corrected chi connectivity index (χ0v) is 9.69. The van der Waals surface area contributed by atoms with Gasteiger partial charge in [0.05, 0.1) is 11.1 Å². The number of hydrogen-bond acceptors (Lipinski definition) is 3. The van der Waals surface area contributed by atoms with Crippen molar-refractivity contribution in [3.05, 3.63) is 59.7 Å². The van der Waals surface area contributed by atoms with Gasteiger partial charge in [0.1, 0.15) is 6.33 Å². The molecule has 0 unspecified atom stereocenters. The molecule has 0 saturated heterocycles. The van der Waals surface area contributed by atoms with Gasteiger partial charge in [0.2, 0.25) is 0 Å². The molecule has 19 heavy (non-hydrogen) atoms. The van der Waals surface area contributed by atoms with Crippen LogP contribution in [0.3, 0.4) is 0 Å². The van der Waals surface area contributed by atoms with E-state index in [0.717, 1.165) is 6.07 Å². The minimum absolute atomic E-state index is 0.0520. The van der Waals surface area contributed by atoms with Crippen LogP contribution in [-0.2, 0) is 12.6 Å². The first-order valence-corrected chi connectivity index (χ1v) is 5.42. The van der Waals surface area contributed by atoms with Crippen LogP contribution in [0.4, 0.5) is 13.2 Å². The third kappa shape index (κ3) is 3.15. The van der Waals surface area contributed by atoms with E-state index in [-0.39, 0.29) is 17.5 Å². The first kappa shape index (κ1) is 13.2. The van der Waals surface area contributed by atoms with Crippen molar-refractivity contribution in [2.75, 3.05) is 0 Å². The highest BCUT2D eigenvalue weighted by molar-refractivity contribution is 5.97. The Morgan fingerprint density at radius 2 is 1.74 bits per heavy atom. The second kappa shape index (κ2) is 5.17. The van der Waals surface area contributed by atoms with E-state index in [9.17, 15) is 18.0 Å². The number of benzene rings is 1. The van der Waals surface area contributed by atoms with E-state index in [4.69, 9.17) is 0 Å². The third-order valence-electron chi connectivity index (χ3n) is 2.56. The van der Waals surface area contributed by atoms with Gasteiger partial charge in [-0.1, -0.05) is 18.2 Å². The Morgan fingerprint density at radius 1 is 1.11 bits per heavy atom. The van der Waals surface area contributed by atoms with Crippen molar-refractivity contribution < 1.29 is 18.0 Å². The molecule has 0 atom stereocenters. The summed E-state index contributed by atoms with van der Waals surface area (Å²) in [6.07, 6.45) is -0.982. The van der Waals surface area contributed by atoms with E-state index < -0.39 is 17.5 Å². The lowest BCUT2D eigenvalue weighted by atomic mass is 10.00. The summed E-state index contributed by atoms with van der Waals surface area (Å²) >= 11 is 0. The Kier molecular flexibility index (Phi) is 3.59. The zero-order chi connectivity index (χ0) is 13.9. The number of alkyl halides is 3. The van der Waals surface area contributed by atoms with Gasteiger partial charge in [0.15, 0.2) is 5.78 Å². The quantitative estimate of drug-likeness (QED) is 0.802. The Bertz CT molecular complexity index is 582. The van der Waals surface area contributed by atoms with Gasteiger partial charge in [-0.25, -0.2) is 9.97 Å². The van der Waals surface area contributed by atoms with Crippen LogP contribution in [0.25, 0.3) is 0 Å². The van der Waals surface area contributed by atoms with Crippen LogP contribution >= 0.6 is 0 Å². The third-order valence-corrected chi connectivity index (χ3v) is 2.56. The van der Waals surface area contributed by atoms with Crippen molar-refractivity contribution in [1.29, 1.82) is 0 Å². The Labute approximate surface area is 107 Å². The normalized spacial score (nSPS) is 11.3. The Morgan fingerprint density at radius 3 is 2.37 bits per heavy atom. The molecule has 6 heteroatoms. The lowest BCUT2D eigenvalue weighted by Crippen LogP contribution is -2.12. The maximum atomic E-state index is 12.8. The topological polar surface area (TPSA) is 42.9 Å². The molecule has 1 heterocycles. The van der Waals surface area contributed by atoms with Crippen LogP contribution < -0.4 is 0 Å². The number of hydrogen-bond donors (Lipinski definition) is 0. The molecule has 0 amide bonds. The molecule has 0 bridgehead atoms. The van der Waals surface area contributed by atoms with Crippen molar-refractivity contribution in [1.82, 2.24) is 9.97 Å². The average Bonchev–Trinajstić information content (AvgIpc) is 2.39. The smallest absolute Gasteiger partial charge is 0.294 e. The summed E-state index contributed by atoms with van der Waals surface area (Å²) in [6.45, 7) is 0. The number of Topliss-reactive ketones (excluding diaryl/α,β-unsaturated/α-hetero) is 1. The Hall–Kier alpha value is -2.24. The van der Waals surface area contributed by atoms with Crippen LogP contribution in [-0.4, -0.2) is 15.8 Å². The fourth-order valence-corrected chi connectivity index (χ4v) is 1.67. The first-order valence-electron chi connectivity index (χ1n) is 5.42. The molecular weight excluding hydrogens is 257 g/mol. The van der Waals surface area contributed by atoms with E-state index in [1.165, 1.54) is 36.9 Å². The highest BCUT2D eigenvalue weighted by Crippen LogP contribution is 2.32. The van der Waals surface area contributed by atoms with Gasteiger partial charge in [-0.2, -0.15) is 13.2 Å². The highest BCUT2D eigenvalue weighted by Gasteiger charge is 2.33. The maximum Gasteiger partial charge on any atom is 0.416 e. The predicted octanol–water partition coefficient (Wildman–Crippen LogP) is 2.92. The molecule has 0 aliphatic heterocycles. The molecule has 1 aromatic heterocycles. The van der Waals surface area contributed by atoms with Crippen LogP contribution in [0.1, 0.15) is 21.5 Å². The lowest BCUT2D eigenvalue weighted by molar-refractivity contribution is -0.138. The van der Waals surface area contributed by atoms with E-state index in [2.05, 4.69) is 9.97 Å². The van der Waals surface area contributed by atoms with Gasteiger partial charge in [-0.3, -0.25) is 4.79 Å². The number of nitrogens with zero attached hydrogens (tertiary/aromatic N) is 2. The van der Waals surface area contributed by atoms with Crippen molar-refractivity contribution in [3.8, 4) is 0 Å². The summed E-state index contributed by atoms with van der Waals surface area (Å²) in [5, 5.41) is 0. The van der Waals surface area contributed by atoms with E-state index in [0.29, 0.717) is 0 Å². The molecular formula is C13H9F3N2O. The highest BCUT2D eigenvalue weighted by atomic mass is 19.4. The van der Waals surface area contributed by atoms with E-state index in [1.54, 1.807) is 0 Å². The SMILES string of the molecule is O=C(Cc1ccccc1C(F)(F)F)c1cncnc1. The van der Waals surface area contributed by atoms with E-state index >= 15 is 0 Å². The molecule has 3 nitrogen and oxygen atoms in total. The number of rotatable bonds is 3. The number of aromatic nitrogens is 2. The van der Waals surface area contributed by atoms with Crippen molar-refractivity contribution in [3.63, 3.8) is 0 Å². The standard InChI is InChI=1S/C13H9F3N2O/c14-13(15,16)11-4-2-1-3-9(11)5-12(19)10-6-17-8-18-7-10/h1-4,6-8H,5H2. The van der Waals surface area contributed by atoms with Gasteiger partial charge >= 0.3 is 6.18 Å². The lowest BCUT2D eigenvalue weighted by Gasteiger charge is -2.11. The van der Waals surface area contributed by atoms with Gasteiger partial charge in [0, 0.05) is 18.8 Å². The molecule has 2 aromatic rings. The average molecular weight is 266 g/mol. The Balaban J connectivity index is 2.28. The van der Waals surface area contributed by atoms with Crippen LogP contribution in [0.2, 0.25) is 0 Å². The van der Waals surface area contributed by atoms with E-state index in [1.807, 2.05) is 0 Å². The molecule has 0 fully saturated rings. The molecule has 0 saturated carbocycles. The molecule has 1 aromatic carbocycles. The molecule has 0 radical (unpaired) electrons. The van der Waals surface area contributed by atoms with Gasteiger partial charge in [-0.15, -0.1) is 0 Å². The van der Waals surface area contributed by atoms with Crippen LogP contribution in [0, 0.1) is 0 Å². The molecule has 2 rings (SSSR count). The summed E-state index contributed by atoms with van der Waals surface area (Å²) in [7, 11) is 0. The summed E-state index contributed by atoms with van der Waals surface area (Å²) < 4.78 is 38.3. The summed E-state index contributed by atoms with van der Waals surface area (Å²) in [5.74, 6) is -0.447. The number of halogens is 3. The zero-order valence-electron chi connectivity index (χ0n) is 9.69. The number of ketones is 1. The molecule has 0 spiro atoms. The fourth-order valence-electron chi connectivity index (χ4n) is 1.67. The maximum absolute atomic E-state index is 12.8. The number of carbonyl (C=O) groups excluding carboxylic acids is 1. The minimum atomic E-state index is -4.47. The van der Waals surface area contributed by atoms with Crippen molar-refractivity contribution in [2.24, 2.45) is 0 Å². The molecule has 0 aliphatic rings. The van der Waals surface area contributed by atoms with Gasteiger partial charge in [-0.05, 0) is 11.6 Å². The van der Waals surface area contributed by atoms with Crippen LogP contribution in [0.5, 0.6) is 0 Å². The molecule has 98 valence electrons. The van der Waals surface area contributed by atoms with Gasteiger partial charge < -0.3 is 0 Å². The van der Waals surface area contributed by atoms with Gasteiger partial charge in [0.25, 0.3) is 0 Å². The second-order valence-corrected chi connectivity index (χ2v) is 3.88. The monoisotopic (exact) mass is 266 g/mol. The molecule has 0 N–H and O–H groups in total. The summed E-state index contributed by atoms with van der Waals surface area (Å²) in [4.78, 5) is 19.2. The number of carbonyl (C=O) groups is 1. The largest absolute Gasteiger partial charge is 0.416 e. The second-order valence-electron chi connectivity index (χ2n) is 3.88. The summed E-state index contributed by atoms with van der Waals surface area (Å²) in [6, 6.07) is 5.02. The predicted molar refractivity (Wildman–Crippen MR) is 61.5 cm³/mol. The fraction of sp³-hybridized carbons (Fsp3) is 0.154. The minimum Gasteiger partial charge on any atom is -0.294 e. The summed E-state index contributed by atoms with van der Waals surface area (Å²) in [5.41, 5.74) is -0.650. The van der Waals surface area contributed by atoms with Crippen LogP contribution in [0.15, 0.2) is 43.0 Å². The molecule has 0 aliphatic carbocycles.